The molecule has 0 aromatic heterocycles. The third-order valence-electron chi connectivity index (χ3n) is 3.62. The molecule has 1 rings (SSSR count). The lowest BCUT2D eigenvalue weighted by Gasteiger charge is -2.27. The normalized spacial score (nSPS) is 22.7. The average Bonchev–Trinajstić information content (AvgIpc) is 2.50. The van der Waals surface area contributed by atoms with Gasteiger partial charge in [-0.3, -0.25) is 0 Å². The molecule has 0 spiro atoms. The molecule has 1 unspecified atom stereocenters. The predicted molar refractivity (Wildman–Crippen MR) is 73.1 cm³/mol. The maximum Gasteiger partial charge on any atom is 0.0771 e. The topological polar surface area (TPSA) is 32.3 Å². The van der Waals surface area contributed by atoms with E-state index in [1.807, 2.05) is 11.8 Å². The Morgan fingerprint density at radius 2 is 1.88 bits per heavy atom. The first-order chi connectivity index (χ1) is 7.66. The molecule has 1 aliphatic carbocycles. The molecule has 96 valence electrons. The molecule has 0 radical (unpaired) electrons. The van der Waals surface area contributed by atoms with Crippen LogP contribution in [0.5, 0.6) is 0 Å². The summed E-state index contributed by atoms with van der Waals surface area (Å²) < 4.78 is 0. The molecule has 0 aromatic rings. The van der Waals surface area contributed by atoms with Crippen molar-refractivity contribution >= 4 is 11.8 Å². The van der Waals surface area contributed by atoms with E-state index in [0.29, 0.717) is 0 Å². The second kappa shape index (κ2) is 7.57. The zero-order valence-electron chi connectivity index (χ0n) is 10.8. The Balaban J connectivity index is 2.14. The molecule has 0 amide bonds. The molecule has 0 bridgehead atoms. The van der Waals surface area contributed by atoms with Crippen LogP contribution in [0.15, 0.2) is 0 Å². The molecule has 0 heterocycles. The summed E-state index contributed by atoms with van der Waals surface area (Å²) in [6.07, 6.45) is 10.3. The minimum atomic E-state index is -0.418. The fourth-order valence-corrected chi connectivity index (χ4v) is 2.66. The van der Waals surface area contributed by atoms with E-state index in [-0.39, 0.29) is 0 Å². The largest absolute Gasteiger partial charge is 0.389 e. The second-order valence-electron chi connectivity index (χ2n) is 5.15. The lowest BCUT2D eigenvalue weighted by atomic mass is 9.94. The fraction of sp³-hybridized carbons (Fsp3) is 1.00. The van der Waals surface area contributed by atoms with Gasteiger partial charge in [0, 0.05) is 11.8 Å². The van der Waals surface area contributed by atoms with Crippen LogP contribution in [0, 0.1) is 0 Å². The molecular formula is C13H27NOS. The van der Waals surface area contributed by atoms with E-state index in [2.05, 4.69) is 18.5 Å². The van der Waals surface area contributed by atoms with Crippen LogP contribution in [0.2, 0.25) is 0 Å². The smallest absolute Gasteiger partial charge is 0.0771 e. The first-order valence-corrected chi connectivity index (χ1v) is 7.91. The number of aliphatic hydroxyl groups is 1. The third-order valence-corrected chi connectivity index (χ3v) is 4.66. The second-order valence-corrected chi connectivity index (χ2v) is 6.43. The molecular weight excluding hydrogens is 218 g/mol. The standard InChI is InChI=1S/C13H27NOS/c1-12(16-2)7-10-14-11-13(15)8-5-3-4-6-9-13/h12,14-15H,3-11H2,1-2H3. The van der Waals surface area contributed by atoms with E-state index in [0.717, 1.165) is 31.2 Å². The Kier molecular flexibility index (Phi) is 6.78. The summed E-state index contributed by atoms with van der Waals surface area (Å²) in [6.45, 7) is 4.07. The minimum Gasteiger partial charge on any atom is -0.389 e. The first-order valence-electron chi connectivity index (χ1n) is 6.62. The molecule has 2 nitrogen and oxygen atoms in total. The van der Waals surface area contributed by atoms with E-state index in [1.165, 1.54) is 32.1 Å². The number of thioether (sulfide) groups is 1. The summed E-state index contributed by atoms with van der Waals surface area (Å²) in [7, 11) is 0. The first kappa shape index (κ1) is 14.3. The molecule has 3 heteroatoms. The van der Waals surface area contributed by atoms with E-state index < -0.39 is 5.60 Å². The third kappa shape index (κ3) is 5.55. The molecule has 0 aliphatic heterocycles. The van der Waals surface area contributed by atoms with Crippen molar-refractivity contribution in [1.29, 1.82) is 0 Å². The van der Waals surface area contributed by atoms with Crippen molar-refractivity contribution in [3.8, 4) is 0 Å². The summed E-state index contributed by atoms with van der Waals surface area (Å²) in [5, 5.41) is 14.6. The van der Waals surface area contributed by atoms with Crippen LogP contribution in [0.4, 0.5) is 0 Å². The number of rotatable bonds is 6. The highest BCUT2D eigenvalue weighted by molar-refractivity contribution is 7.99. The Bertz CT molecular complexity index is 179. The van der Waals surface area contributed by atoms with Gasteiger partial charge in [0.05, 0.1) is 5.60 Å². The minimum absolute atomic E-state index is 0.418. The van der Waals surface area contributed by atoms with Gasteiger partial charge < -0.3 is 10.4 Å². The van der Waals surface area contributed by atoms with Crippen molar-refractivity contribution < 1.29 is 5.11 Å². The Morgan fingerprint density at radius 3 is 2.44 bits per heavy atom. The Labute approximate surface area is 105 Å². The summed E-state index contributed by atoms with van der Waals surface area (Å²) >= 11 is 1.91. The Morgan fingerprint density at radius 1 is 1.25 bits per heavy atom. The van der Waals surface area contributed by atoms with Crippen molar-refractivity contribution in [3.63, 3.8) is 0 Å². The van der Waals surface area contributed by atoms with Gasteiger partial charge in [-0.1, -0.05) is 32.6 Å². The van der Waals surface area contributed by atoms with Crippen molar-refractivity contribution in [2.75, 3.05) is 19.3 Å². The van der Waals surface area contributed by atoms with Gasteiger partial charge in [0.25, 0.3) is 0 Å². The molecule has 1 aliphatic rings. The maximum absolute atomic E-state index is 10.4. The van der Waals surface area contributed by atoms with Crippen molar-refractivity contribution in [1.82, 2.24) is 5.32 Å². The van der Waals surface area contributed by atoms with Gasteiger partial charge in [-0.05, 0) is 32.1 Å². The van der Waals surface area contributed by atoms with E-state index >= 15 is 0 Å². The van der Waals surface area contributed by atoms with Crippen LogP contribution in [-0.2, 0) is 0 Å². The van der Waals surface area contributed by atoms with E-state index in [4.69, 9.17) is 0 Å². The van der Waals surface area contributed by atoms with Crippen LogP contribution >= 0.6 is 11.8 Å². The van der Waals surface area contributed by atoms with Gasteiger partial charge in [0.15, 0.2) is 0 Å². The van der Waals surface area contributed by atoms with Crippen molar-refractivity contribution in [3.05, 3.63) is 0 Å². The fourth-order valence-electron chi connectivity index (χ4n) is 2.31. The van der Waals surface area contributed by atoms with Crippen molar-refractivity contribution in [2.24, 2.45) is 0 Å². The highest BCUT2D eigenvalue weighted by Gasteiger charge is 2.27. The van der Waals surface area contributed by atoms with E-state index in [1.54, 1.807) is 0 Å². The van der Waals surface area contributed by atoms with Gasteiger partial charge in [-0.25, -0.2) is 0 Å². The lowest BCUT2D eigenvalue weighted by Crippen LogP contribution is -2.40. The summed E-state index contributed by atoms with van der Waals surface area (Å²) in [5.41, 5.74) is -0.418. The molecule has 1 atom stereocenters. The van der Waals surface area contributed by atoms with Crippen LogP contribution in [-0.4, -0.2) is 35.3 Å². The van der Waals surface area contributed by atoms with Gasteiger partial charge in [0.2, 0.25) is 0 Å². The number of hydrogen-bond donors (Lipinski definition) is 2. The summed E-state index contributed by atoms with van der Waals surface area (Å²) in [4.78, 5) is 0. The zero-order valence-corrected chi connectivity index (χ0v) is 11.6. The van der Waals surface area contributed by atoms with Crippen LogP contribution in [0.3, 0.4) is 0 Å². The van der Waals surface area contributed by atoms with Gasteiger partial charge in [-0.15, -0.1) is 0 Å². The predicted octanol–water partition coefficient (Wildman–Crippen LogP) is 2.80. The molecule has 16 heavy (non-hydrogen) atoms. The highest BCUT2D eigenvalue weighted by atomic mass is 32.2. The SMILES string of the molecule is CSC(C)CCNCC1(O)CCCCCC1. The van der Waals surface area contributed by atoms with Crippen LogP contribution in [0.1, 0.15) is 51.9 Å². The average molecular weight is 245 g/mol. The quantitative estimate of drug-likeness (QED) is 0.557. The zero-order chi connectivity index (χ0) is 11.9. The molecule has 2 N–H and O–H groups in total. The van der Waals surface area contributed by atoms with Gasteiger partial charge in [-0.2, -0.15) is 11.8 Å². The lowest BCUT2D eigenvalue weighted by molar-refractivity contribution is 0.0255. The molecule has 1 saturated carbocycles. The number of nitrogens with one attached hydrogen (secondary N) is 1. The molecule has 1 fully saturated rings. The van der Waals surface area contributed by atoms with Gasteiger partial charge in [0.1, 0.15) is 0 Å². The maximum atomic E-state index is 10.4. The monoisotopic (exact) mass is 245 g/mol. The van der Waals surface area contributed by atoms with Crippen molar-refractivity contribution in [2.45, 2.75) is 62.7 Å². The number of hydrogen-bond acceptors (Lipinski definition) is 3. The Hall–Kier alpha value is 0.270. The van der Waals surface area contributed by atoms with Gasteiger partial charge >= 0.3 is 0 Å². The summed E-state index contributed by atoms with van der Waals surface area (Å²) in [6, 6.07) is 0. The van der Waals surface area contributed by atoms with Crippen LogP contribution in [0.25, 0.3) is 0 Å². The molecule has 0 aromatic carbocycles. The highest BCUT2D eigenvalue weighted by Crippen LogP contribution is 2.26. The summed E-state index contributed by atoms with van der Waals surface area (Å²) in [5.74, 6) is 0. The van der Waals surface area contributed by atoms with Crippen LogP contribution < -0.4 is 5.32 Å². The van der Waals surface area contributed by atoms with E-state index in [9.17, 15) is 5.11 Å². The molecule has 0 saturated heterocycles.